The molecule has 0 spiro atoms. The van der Waals surface area contributed by atoms with Gasteiger partial charge in [-0.1, -0.05) is 19.1 Å². The molecule has 0 atom stereocenters. The van der Waals surface area contributed by atoms with E-state index in [9.17, 15) is 14.0 Å². The van der Waals surface area contributed by atoms with Gasteiger partial charge in [-0.25, -0.2) is 9.18 Å². The molecule has 0 aliphatic rings. The van der Waals surface area contributed by atoms with Crippen LogP contribution in [-0.4, -0.2) is 28.9 Å². The second-order valence-electron chi connectivity index (χ2n) is 4.89. The Morgan fingerprint density at radius 1 is 1.27 bits per heavy atom. The molecule has 0 unspecified atom stereocenters. The Morgan fingerprint density at radius 3 is 2.41 bits per heavy atom. The Morgan fingerprint density at radius 2 is 1.91 bits per heavy atom. The van der Waals surface area contributed by atoms with Gasteiger partial charge < -0.3 is 14.4 Å². The summed E-state index contributed by atoms with van der Waals surface area (Å²) in [4.78, 5) is 24.8. The van der Waals surface area contributed by atoms with Gasteiger partial charge in [-0.3, -0.25) is 4.79 Å². The van der Waals surface area contributed by atoms with E-state index < -0.39 is 11.9 Å². The minimum Gasteiger partial charge on any atom is -0.478 e. The minimum absolute atomic E-state index is 0.000956. The van der Waals surface area contributed by atoms with E-state index in [1.807, 2.05) is 0 Å². The summed E-state index contributed by atoms with van der Waals surface area (Å²) in [6.07, 6.45) is 0.386. The van der Waals surface area contributed by atoms with Gasteiger partial charge in [0, 0.05) is 26.1 Å². The van der Waals surface area contributed by atoms with E-state index in [-0.39, 0.29) is 29.4 Å². The van der Waals surface area contributed by atoms with E-state index in [0.29, 0.717) is 6.42 Å². The lowest BCUT2D eigenvalue weighted by Crippen LogP contribution is -2.25. The number of carboxylic acids is 1. The molecule has 0 aliphatic heterocycles. The van der Waals surface area contributed by atoms with Crippen molar-refractivity contribution < 1.29 is 23.5 Å². The van der Waals surface area contributed by atoms with E-state index in [4.69, 9.17) is 9.52 Å². The van der Waals surface area contributed by atoms with Crippen LogP contribution in [0, 0.1) is 5.82 Å². The number of benzene rings is 1. The molecule has 1 aromatic carbocycles. The standard InChI is InChI=1S/C16H16FNO4/c1-3-13-12(16(20)21)8-14(22-13)15(19)18(2)9-10-4-6-11(17)7-5-10/h4-8H,3,9H2,1-2H3,(H,20,21). The molecular formula is C16H16FNO4. The number of aryl methyl sites for hydroxylation is 1. The Hall–Kier alpha value is -2.63. The van der Waals surface area contributed by atoms with Gasteiger partial charge in [0.15, 0.2) is 5.76 Å². The van der Waals surface area contributed by atoms with Crippen molar-refractivity contribution in [3.05, 3.63) is 58.8 Å². The van der Waals surface area contributed by atoms with Crippen LogP contribution < -0.4 is 0 Å². The Balaban J connectivity index is 2.16. The summed E-state index contributed by atoms with van der Waals surface area (Å²) < 4.78 is 18.2. The molecule has 0 fully saturated rings. The quantitative estimate of drug-likeness (QED) is 0.922. The summed E-state index contributed by atoms with van der Waals surface area (Å²) in [6.45, 7) is 2.02. The fourth-order valence-corrected chi connectivity index (χ4v) is 2.10. The Labute approximate surface area is 127 Å². The molecule has 0 saturated carbocycles. The van der Waals surface area contributed by atoms with Crippen molar-refractivity contribution in [2.75, 3.05) is 7.05 Å². The molecule has 1 aromatic heterocycles. The lowest BCUT2D eigenvalue weighted by Gasteiger charge is -2.15. The third kappa shape index (κ3) is 3.33. The molecule has 6 heteroatoms. The van der Waals surface area contributed by atoms with Gasteiger partial charge in [0.25, 0.3) is 5.91 Å². The third-order valence-electron chi connectivity index (χ3n) is 3.25. The van der Waals surface area contributed by atoms with E-state index in [1.54, 1.807) is 26.1 Å². The van der Waals surface area contributed by atoms with Crippen LogP contribution >= 0.6 is 0 Å². The van der Waals surface area contributed by atoms with Gasteiger partial charge in [-0.05, 0) is 17.7 Å². The fraction of sp³-hybridized carbons (Fsp3) is 0.250. The second-order valence-corrected chi connectivity index (χ2v) is 4.89. The van der Waals surface area contributed by atoms with Crippen molar-refractivity contribution in [3.8, 4) is 0 Å². The third-order valence-corrected chi connectivity index (χ3v) is 3.25. The molecular weight excluding hydrogens is 289 g/mol. The number of rotatable bonds is 5. The number of carbonyl (C=O) groups is 2. The van der Waals surface area contributed by atoms with E-state index in [1.165, 1.54) is 23.1 Å². The number of carbonyl (C=O) groups excluding carboxylic acids is 1. The van der Waals surface area contributed by atoms with Crippen LogP contribution in [0.15, 0.2) is 34.7 Å². The van der Waals surface area contributed by atoms with Crippen LogP contribution in [0.2, 0.25) is 0 Å². The van der Waals surface area contributed by atoms with E-state index in [0.717, 1.165) is 5.56 Å². The van der Waals surface area contributed by atoms with Crippen LogP contribution in [-0.2, 0) is 13.0 Å². The number of hydrogen-bond acceptors (Lipinski definition) is 3. The summed E-state index contributed by atoms with van der Waals surface area (Å²) in [5.74, 6) is -1.64. The van der Waals surface area contributed by atoms with Gasteiger partial charge >= 0.3 is 5.97 Å². The first-order chi connectivity index (χ1) is 10.4. The molecule has 0 radical (unpaired) electrons. The van der Waals surface area contributed by atoms with E-state index in [2.05, 4.69) is 0 Å². The lowest BCUT2D eigenvalue weighted by molar-refractivity contribution is 0.0693. The van der Waals surface area contributed by atoms with Gasteiger partial charge in [-0.15, -0.1) is 0 Å². The first kappa shape index (κ1) is 15.8. The first-order valence-electron chi connectivity index (χ1n) is 6.78. The number of furan rings is 1. The predicted molar refractivity (Wildman–Crippen MR) is 77.2 cm³/mol. The number of aromatic carboxylic acids is 1. The maximum atomic E-state index is 12.9. The summed E-state index contributed by atoms with van der Waals surface area (Å²) in [5.41, 5.74) is 0.763. The average molecular weight is 305 g/mol. The molecule has 0 aliphatic carbocycles. The smallest absolute Gasteiger partial charge is 0.339 e. The molecule has 0 bridgehead atoms. The fourth-order valence-electron chi connectivity index (χ4n) is 2.10. The molecule has 1 amide bonds. The topological polar surface area (TPSA) is 70.8 Å². The first-order valence-corrected chi connectivity index (χ1v) is 6.78. The molecule has 1 heterocycles. The highest BCUT2D eigenvalue weighted by molar-refractivity contribution is 5.96. The average Bonchev–Trinajstić information content (AvgIpc) is 2.93. The number of hydrogen-bond donors (Lipinski definition) is 1. The van der Waals surface area contributed by atoms with Crippen molar-refractivity contribution in [1.82, 2.24) is 4.90 Å². The summed E-state index contributed by atoms with van der Waals surface area (Å²) in [5, 5.41) is 9.07. The molecule has 2 rings (SSSR count). The van der Waals surface area contributed by atoms with Crippen molar-refractivity contribution in [2.45, 2.75) is 19.9 Å². The summed E-state index contributed by atoms with van der Waals surface area (Å²) >= 11 is 0. The molecule has 1 N–H and O–H groups in total. The zero-order valence-corrected chi connectivity index (χ0v) is 12.3. The van der Waals surface area contributed by atoms with Crippen molar-refractivity contribution in [3.63, 3.8) is 0 Å². The highest BCUT2D eigenvalue weighted by Gasteiger charge is 2.22. The van der Waals surface area contributed by atoms with Gasteiger partial charge in [-0.2, -0.15) is 0 Å². The van der Waals surface area contributed by atoms with Crippen molar-refractivity contribution >= 4 is 11.9 Å². The highest BCUT2D eigenvalue weighted by atomic mass is 19.1. The Kier molecular flexibility index (Phi) is 4.60. The van der Waals surface area contributed by atoms with Crippen molar-refractivity contribution in [1.29, 1.82) is 0 Å². The SMILES string of the molecule is CCc1oc(C(=O)N(C)Cc2ccc(F)cc2)cc1C(=O)O. The number of carboxylic acid groups (broad SMARTS) is 1. The summed E-state index contributed by atoms with van der Waals surface area (Å²) in [7, 11) is 1.57. The van der Waals surface area contributed by atoms with Crippen LogP contribution in [0.4, 0.5) is 4.39 Å². The normalized spacial score (nSPS) is 10.5. The van der Waals surface area contributed by atoms with Crippen LogP contribution in [0.3, 0.4) is 0 Å². The number of nitrogens with zero attached hydrogens (tertiary/aromatic N) is 1. The van der Waals surface area contributed by atoms with E-state index >= 15 is 0 Å². The van der Waals surface area contributed by atoms with Gasteiger partial charge in [0.1, 0.15) is 17.1 Å². The molecule has 0 saturated heterocycles. The largest absolute Gasteiger partial charge is 0.478 e. The van der Waals surface area contributed by atoms with Gasteiger partial charge in [0.2, 0.25) is 0 Å². The molecule has 5 nitrogen and oxygen atoms in total. The lowest BCUT2D eigenvalue weighted by atomic mass is 10.2. The van der Waals surface area contributed by atoms with Crippen molar-refractivity contribution in [2.24, 2.45) is 0 Å². The van der Waals surface area contributed by atoms with Crippen LogP contribution in [0.5, 0.6) is 0 Å². The van der Waals surface area contributed by atoms with Crippen LogP contribution in [0.25, 0.3) is 0 Å². The zero-order chi connectivity index (χ0) is 16.3. The predicted octanol–water partition coefficient (Wildman–Crippen LogP) is 2.95. The molecule has 2 aromatic rings. The molecule has 22 heavy (non-hydrogen) atoms. The Bertz CT molecular complexity index is 691. The summed E-state index contributed by atoms with van der Waals surface area (Å²) in [6, 6.07) is 7.05. The monoisotopic (exact) mass is 305 g/mol. The highest BCUT2D eigenvalue weighted by Crippen LogP contribution is 2.18. The van der Waals surface area contributed by atoms with Gasteiger partial charge in [0.05, 0.1) is 0 Å². The maximum Gasteiger partial charge on any atom is 0.339 e. The maximum absolute atomic E-state index is 12.9. The second kappa shape index (κ2) is 6.43. The number of amides is 1. The van der Waals surface area contributed by atoms with Crippen LogP contribution in [0.1, 0.15) is 39.2 Å². The molecule has 116 valence electrons. The zero-order valence-electron chi connectivity index (χ0n) is 12.3. The minimum atomic E-state index is -1.12. The number of halogens is 1.